The topological polar surface area (TPSA) is 54.5 Å². The van der Waals surface area contributed by atoms with Crippen LogP contribution in [0.3, 0.4) is 0 Å². The average Bonchev–Trinajstić information content (AvgIpc) is 2.57. The number of ether oxygens (including phenoxy) is 1. The van der Waals surface area contributed by atoms with Crippen molar-refractivity contribution in [1.29, 1.82) is 0 Å². The zero-order valence-electron chi connectivity index (χ0n) is 8.91. The third kappa shape index (κ3) is 2.80. The highest BCUT2D eigenvalue weighted by Gasteiger charge is 2.10. The fraction of sp³-hybridized carbons (Fsp3) is 0.273. The number of nitrogens with one attached hydrogen (secondary N) is 1. The maximum Gasteiger partial charge on any atom is 0.354 e. The highest BCUT2D eigenvalue weighted by atomic mass is 16.5. The van der Waals surface area contributed by atoms with Gasteiger partial charge in [-0.05, 0) is 25.5 Å². The SMILES string of the molecule is C=CN=Cc1[nH]c(C(=O)OCC)cc1C. The second kappa shape index (κ2) is 5.14. The molecule has 0 unspecified atom stereocenters. The van der Waals surface area contributed by atoms with Gasteiger partial charge in [0.1, 0.15) is 5.69 Å². The molecule has 0 spiro atoms. The first-order chi connectivity index (χ1) is 7.19. The number of carbonyl (C=O) groups is 1. The fourth-order valence-corrected chi connectivity index (χ4v) is 1.15. The van der Waals surface area contributed by atoms with Crippen LogP contribution in [0.2, 0.25) is 0 Å². The van der Waals surface area contributed by atoms with E-state index in [4.69, 9.17) is 4.74 Å². The molecule has 0 saturated heterocycles. The molecule has 0 atom stereocenters. The molecule has 0 aromatic carbocycles. The molecule has 1 rings (SSSR count). The minimum absolute atomic E-state index is 0.348. The number of aromatic amines is 1. The van der Waals surface area contributed by atoms with Crippen LogP contribution in [0.25, 0.3) is 0 Å². The fourth-order valence-electron chi connectivity index (χ4n) is 1.15. The van der Waals surface area contributed by atoms with Crippen LogP contribution in [0, 0.1) is 6.92 Å². The summed E-state index contributed by atoms with van der Waals surface area (Å²) in [5.41, 5.74) is 2.18. The molecule has 4 nitrogen and oxygen atoms in total. The number of carbonyl (C=O) groups excluding carboxylic acids is 1. The van der Waals surface area contributed by atoms with Gasteiger partial charge in [-0.2, -0.15) is 0 Å². The number of aryl methyl sites for hydroxylation is 1. The Kier molecular flexibility index (Phi) is 3.85. The highest BCUT2D eigenvalue weighted by molar-refractivity contribution is 5.90. The number of hydrogen-bond acceptors (Lipinski definition) is 3. The number of H-pyrrole nitrogens is 1. The van der Waals surface area contributed by atoms with E-state index in [0.29, 0.717) is 12.3 Å². The van der Waals surface area contributed by atoms with Crippen LogP contribution in [0.5, 0.6) is 0 Å². The molecule has 0 radical (unpaired) electrons. The Balaban J connectivity index is 2.89. The van der Waals surface area contributed by atoms with Gasteiger partial charge in [0.05, 0.1) is 18.5 Å². The molecule has 1 aromatic rings. The Morgan fingerprint density at radius 2 is 2.47 bits per heavy atom. The molecule has 0 aliphatic heterocycles. The minimum Gasteiger partial charge on any atom is -0.461 e. The third-order valence-corrected chi connectivity index (χ3v) is 1.86. The number of esters is 1. The summed E-state index contributed by atoms with van der Waals surface area (Å²) in [5.74, 6) is -0.348. The van der Waals surface area contributed by atoms with Crippen molar-refractivity contribution in [2.45, 2.75) is 13.8 Å². The van der Waals surface area contributed by atoms with Crippen molar-refractivity contribution in [2.75, 3.05) is 6.61 Å². The maximum atomic E-state index is 11.4. The number of aliphatic imine (C=N–C) groups is 1. The van der Waals surface area contributed by atoms with E-state index >= 15 is 0 Å². The van der Waals surface area contributed by atoms with Crippen molar-refractivity contribution in [3.8, 4) is 0 Å². The first-order valence-electron chi connectivity index (χ1n) is 4.69. The predicted molar refractivity (Wildman–Crippen MR) is 59.3 cm³/mol. The third-order valence-electron chi connectivity index (χ3n) is 1.86. The molecule has 0 amide bonds. The monoisotopic (exact) mass is 206 g/mol. The normalized spacial score (nSPS) is 10.5. The summed E-state index contributed by atoms with van der Waals surface area (Å²) in [4.78, 5) is 18.2. The molecule has 1 heterocycles. The Bertz CT molecular complexity index is 391. The molecule has 0 fully saturated rings. The van der Waals surface area contributed by atoms with Gasteiger partial charge < -0.3 is 9.72 Å². The van der Waals surface area contributed by atoms with Gasteiger partial charge in [-0.15, -0.1) is 0 Å². The number of aromatic nitrogens is 1. The summed E-state index contributed by atoms with van der Waals surface area (Å²) in [6.07, 6.45) is 3.05. The second-order valence-corrected chi connectivity index (χ2v) is 2.96. The van der Waals surface area contributed by atoms with Crippen LogP contribution in [-0.4, -0.2) is 23.8 Å². The van der Waals surface area contributed by atoms with Gasteiger partial charge in [0, 0.05) is 6.20 Å². The first kappa shape index (κ1) is 11.2. The predicted octanol–water partition coefficient (Wildman–Crippen LogP) is 2.06. The van der Waals surface area contributed by atoms with Crippen LogP contribution < -0.4 is 0 Å². The van der Waals surface area contributed by atoms with Crippen LogP contribution >= 0.6 is 0 Å². The molecule has 80 valence electrons. The lowest BCUT2D eigenvalue weighted by molar-refractivity contribution is 0.0520. The lowest BCUT2D eigenvalue weighted by atomic mass is 10.3. The van der Waals surface area contributed by atoms with Gasteiger partial charge in [-0.25, -0.2) is 4.79 Å². The van der Waals surface area contributed by atoms with Gasteiger partial charge in [0.15, 0.2) is 0 Å². The van der Waals surface area contributed by atoms with Gasteiger partial charge in [-0.3, -0.25) is 4.99 Å². The lowest BCUT2D eigenvalue weighted by Crippen LogP contribution is -2.04. The van der Waals surface area contributed by atoms with E-state index in [-0.39, 0.29) is 5.97 Å². The lowest BCUT2D eigenvalue weighted by Gasteiger charge is -1.97. The molecule has 0 saturated carbocycles. The zero-order chi connectivity index (χ0) is 11.3. The Hall–Kier alpha value is -1.84. The van der Waals surface area contributed by atoms with Gasteiger partial charge in [0.25, 0.3) is 0 Å². The Morgan fingerprint density at radius 1 is 1.73 bits per heavy atom. The summed E-state index contributed by atoms with van der Waals surface area (Å²) in [6, 6.07) is 1.74. The van der Waals surface area contributed by atoms with Crippen molar-refractivity contribution in [3.05, 3.63) is 35.8 Å². The maximum absolute atomic E-state index is 11.4. The zero-order valence-corrected chi connectivity index (χ0v) is 8.91. The standard InChI is InChI=1S/C11H14N2O2/c1-4-12-7-10-8(3)6-9(13-10)11(14)15-5-2/h4,6-7,13H,1,5H2,2-3H3. The van der Waals surface area contributed by atoms with Gasteiger partial charge >= 0.3 is 5.97 Å². The minimum atomic E-state index is -0.348. The molecule has 0 aliphatic carbocycles. The van der Waals surface area contributed by atoms with Crippen molar-refractivity contribution >= 4 is 12.2 Å². The molecule has 15 heavy (non-hydrogen) atoms. The van der Waals surface area contributed by atoms with Crippen molar-refractivity contribution < 1.29 is 9.53 Å². The van der Waals surface area contributed by atoms with E-state index in [1.165, 1.54) is 6.20 Å². The average molecular weight is 206 g/mol. The number of rotatable bonds is 4. The molecule has 1 aromatic heterocycles. The van der Waals surface area contributed by atoms with Crippen LogP contribution in [0.4, 0.5) is 0 Å². The molecule has 0 bridgehead atoms. The number of nitrogens with zero attached hydrogens (tertiary/aromatic N) is 1. The van der Waals surface area contributed by atoms with E-state index in [2.05, 4.69) is 16.6 Å². The van der Waals surface area contributed by atoms with Gasteiger partial charge in [0.2, 0.25) is 0 Å². The second-order valence-electron chi connectivity index (χ2n) is 2.96. The quantitative estimate of drug-likeness (QED) is 0.605. The van der Waals surface area contributed by atoms with E-state index in [0.717, 1.165) is 11.3 Å². The van der Waals surface area contributed by atoms with Crippen LogP contribution in [0.15, 0.2) is 23.8 Å². The van der Waals surface area contributed by atoms with Gasteiger partial charge in [-0.1, -0.05) is 6.58 Å². The summed E-state index contributed by atoms with van der Waals surface area (Å²) in [6.45, 7) is 7.51. The van der Waals surface area contributed by atoms with Crippen LogP contribution in [0.1, 0.15) is 28.7 Å². The highest BCUT2D eigenvalue weighted by Crippen LogP contribution is 2.09. The number of hydrogen-bond donors (Lipinski definition) is 1. The molecule has 1 N–H and O–H groups in total. The van der Waals surface area contributed by atoms with Crippen molar-refractivity contribution in [1.82, 2.24) is 4.98 Å². The van der Waals surface area contributed by atoms with Crippen LogP contribution in [-0.2, 0) is 4.74 Å². The Labute approximate surface area is 88.7 Å². The van der Waals surface area contributed by atoms with Crippen molar-refractivity contribution in [2.24, 2.45) is 4.99 Å². The molecule has 4 heteroatoms. The summed E-state index contributed by atoms with van der Waals surface area (Å²) >= 11 is 0. The molecule has 0 aliphatic rings. The summed E-state index contributed by atoms with van der Waals surface area (Å²) in [7, 11) is 0. The van der Waals surface area contributed by atoms with E-state index < -0.39 is 0 Å². The molecular weight excluding hydrogens is 192 g/mol. The molecular formula is C11H14N2O2. The van der Waals surface area contributed by atoms with E-state index in [1.54, 1.807) is 19.2 Å². The van der Waals surface area contributed by atoms with Crippen molar-refractivity contribution in [3.63, 3.8) is 0 Å². The summed E-state index contributed by atoms with van der Waals surface area (Å²) in [5, 5.41) is 0. The largest absolute Gasteiger partial charge is 0.461 e. The Morgan fingerprint density at radius 3 is 3.07 bits per heavy atom. The smallest absolute Gasteiger partial charge is 0.354 e. The van der Waals surface area contributed by atoms with E-state index in [1.807, 2.05) is 6.92 Å². The first-order valence-corrected chi connectivity index (χ1v) is 4.69. The van der Waals surface area contributed by atoms with E-state index in [9.17, 15) is 4.79 Å². The summed E-state index contributed by atoms with van der Waals surface area (Å²) < 4.78 is 4.87.